The number of pyridine rings is 1. The first kappa shape index (κ1) is 22.7. The highest BCUT2D eigenvalue weighted by molar-refractivity contribution is 14.0. The van der Waals surface area contributed by atoms with Crippen molar-refractivity contribution in [1.29, 1.82) is 0 Å². The zero-order valence-corrected chi connectivity index (χ0v) is 19.7. The maximum Gasteiger partial charge on any atom is 0.311 e. The Hall–Kier alpha value is -1.55. The monoisotopic (exact) mass is 519 g/mol. The van der Waals surface area contributed by atoms with E-state index < -0.39 is 5.60 Å². The zero-order valence-electron chi connectivity index (χ0n) is 16.6. The molecule has 1 unspecified atom stereocenters. The molecule has 0 radical (unpaired) electrons. The molecule has 0 spiro atoms. The Labute approximate surface area is 187 Å². The van der Waals surface area contributed by atoms with Gasteiger partial charge >= 0.3 is 5.97 Å². The second-order valence-electron chi connectivity index (χ2n) is 7.71. The highest BCUT2D eigenvalue weighted by Crippen LogP contribution is 2.21. The molecule has 1 fully saturated rings. The summed E-state index contributed by atoms with van der Waals surface area (Å²) in [6.45, 7) is 7.58. The molecule has 28 heavy (non-hydrogen) atoms. The van der Waals surface area contributed by atoms with Crippen LogP contribution in [0.3, 0.4) is 0 Å². The number of aliphatic imine (C=N–C) groups is 1. The van der Waals surface area contributed by atoms with E-state index in [0.717, 1.165) is 30.3 Å². The van der Waals surface area contributed by atoms with Gasteiger partial charge < -0.3 is 19.4 Å². The quantitative estimate of drug-likeness (QED) is 0.291. The summed E-state index contributed by atoms with van der Waals surface area (Å²) in [7, 11) is 1.74. The highest BCUT2D eigenvalue weighted by Gasteiger charge is 2.33. The molecule has 1 saturated heterocycles. The molecule has 1 aliphatic rings. The molecule has 2 aromatic rings. The van der Waals surface area contributed by atoms with E-state index in [1.165, 1.54) is 0 Å². The van der Waals surface area contributed by atoms with E-state index in [4.69, 9.17) is 16.3 Å². The minimum absolute atomic E-state index is 0. The summed E-state index contributed by atoms with van der Waals surface area (Å²) in [6, 6.07) is 3.70. The minimum Gasteiger partial charge on any atom is -0.460 e. The van der Waals surface area contributed by atoms with Crippen LogP contribution in [0.1, 0.15) is 32.9 Å². The van der Waals surface area contributed by atoms with Crippen LogP contribution < -0.4 is 5.32 Å². The lowest BCUT2D eigenvalue weighted by atomic mass is 10.1. The molecule has 3 heterocycles. The van der Waals surface area contributed by atoms with Crippen molar-refractivity contribution in [2.45, 2.75) is 39.3 Å². The first-order valence-electron chi connectivity index (χ1n) is 9.07. The number of halogens is 2. The summed E-state index contributed by atoms with van der Waals surface area (Å²) in [4.78, 5) is 23.3. The summed E-state index contributed by atoms with van der Waals surface area (Å²) in [6.07, 6.45) is 4.53. The predicted octanol–water partition coefficient (Wildman–Crippen LogP) is 3.34. The molecule has 0 amide bonds. The number of nitrogens with zero attached hydrogens (tertiary/aromatic N) is 4. The maximum atomic E-state index is 12.3. The first-order chi connectivity index (χ1) is 12.7. The SMILES string of the molecule is CN=C(NCc1cn2cc(Cl)ccc2n1)N1CCC(C(=O)OC(C)(C)C)C1.I. The van der Waals surface area contributed by atoms with Crippen molar-refractivity contribution in [2.24, 2.45) is 10.9 Å². The van der Waals surface area contributed by atoms with Gasteiger partial charge in [-0.25, -0.2) is 4.98 Å². The van der Waals surface area contributed by atoms with Crippen molar-refractivity contribution >= 4 is 53.2 Å². The average molecular weight is 520 g/mol. The number of esters is 1. The average Bonchev–Trinajstić information content (AvgIpc) is 3.20. The number of nitrogens with one attached hydrogen (secondary N) is 1. The summed E-state index contributed by atoms with van der Waals surface area (Å²) >= 11 is 6.02. The van der Waals surface area contributed by atoms with Crippen molar-refractivity contribution in [3.63, 3.8) is 0 Å². The smallest absolute Gasteiger partial charge is 0.311 e. The number of aromatic nitrogens is 2. The van der Waals surface area contributed by atoms with Gasteiger partial charge in [-0.3, -0.25) is 9.79 Å². The zero-order chi connectivity index (χ0) is 19.6. The van der Waals surface area contributed by atoms with Crippen LogP contribution in [0, 0.1) is 5.92 Å². The van der Waals surface area contributed by atoms with Crippen molar-refractivity contribution in [2.75, 3.05) is 20.1 Å². The maximum absolute atomic E-state index is 12.3. The van der Waals surface area contributed by atoms with E-state index in [9.17, 15) is 4.79 Å². The topological polar surface area (TPSA) is 71.2 Å². The van der Waals surface area contributed by atoms with E-state index in [-0.39, 0.29) is 35.9 Å². The first-order valence-corrected chi connectivity index (χ1v) is 9.44. The van der Waals surface area contributed by atoms with Gasteiger partial charge in [0.15, 0.2) is 5.96 Å². The number of hydrogen-bond donors (Lipinski definition) is 1. The molecule has 7 nitrogen and oxygen atoms in total. The van der Waals surface area contributed by atoms with Gasteiger partial charge in [-0.1, -0.05) is 11.6 Å². The molecule has 0 saturated carbocycles. The van der Waals surface area contributed by atoms with Crippen molar-refractivity contribution in [1.82, 2.24) is 19.6 Å². The number of hydrogen-bond acceptors (Lipinski definition) is 4. The Bertz CT molecular complexity index is 862. The lowest BCUT2D eigenvalue weighted by Crippen LogP contribution is -2.40. The van der Waals surface area contributed by atoms with E-state index in [1.54, 1.807) is 7.05 Å². The minimum atomic E-state index is -0.462. The molecule has 1 aliphatic heterocycles. The Balaban J connectivity index is 0.00000280. The number of carbonyl (C=O) groups is 1. The van der Waals surface area contributed by atoms with E-state index >= 15 is 0 Å². The van der Waals surface area contributed by atoms with Gasteiger partial charge in [0.05, 0.1) is 23.2 Å². The molecule has 0 aliphatic carbocycles. The summed E-state index contributed by atoms with van der Waals surface area (Å²) in [5, 5.41) is 3.99. The molecular formula is C19H27ClIN5O2. The van der Waals surface area contributed by atoms with Crippen LogP contribution in [0.2, 0.25) is 5.02 Å². The molecule has 154 valence electrons. The number of rotatable bonds is 3. The second kappa shape index (κ2) is 9.30. The summed E-state index contributed by atoms with van der Waals surface area (Å²) in [5.41, 5.74) is 1.27. The molecule has 3 rings (SSSR count). The van der Waals surface area contributed by atoms with Crippen molar-refractivity contribution in [3.05, 3.63) is 35.2 Å². The fourth-order valence-corrected chi connectivity index (χ4v) is 3.30. The number of imidazole rings is 1. The third-order valence-electron chi connectivity index (χ3n) is 4.33. The Morgan fingerprint density at radius 3 is 2.82 bits per heavy atom. The van der Waals surface area contributed by atoms with E-state index in [0.29, 0.717) is 18.1 Å². The molecule has 1 N–H and O–H groups in total. The number of likely N-dealkylation sites (tertiary alicyclic amines) is 1. The second-order valence-corrected chi connectivity index (χ2v) is 8.15. The van der Waals surface area contributed by atoms with Crippen molar-refractivity contribution in [3.8, 4) is 0 Å². The van der Waals surface area contributed by atoms with Crippen molar-refractivity contribution < 1.29 is 9.53 Å². The van der Waals surface area contributed by atoms with Crippen LogP contribution in [0.25, 0.3) is 5.65 Å². The van der Waals surface area contributed by atoms with Gasteiger partial charge in [0.25, 0.3) is 0 Å². The van der Waals surface area contributed by atoms with Gasteiger partial charge in [-0.2, -0.15) is 0 Å². The lowest BCUT2D eigenvalue weighted by Gasteiger charge is -2.23. The molecule has 1 atom stereocenters. The summed E-state index contributed by atoms with van der Waals surface area (Å²) < 4.78 is 7.41. The van der Waals surface area contributed by atoms with Gasteiger partial charge in [0.1, 0.15) is 11.2 Å². The fourth-order valence-electron chi connectivity index (χ4n) is 3.13. The molecule has 0 bridgehead atoms. The Kier molecular flexibility index (Phi) is 7.55. The Morgan fingerprint density at radius 2 is 2.14 bits per heavy atom. The van der Waals surface area contributed by atoms with E-state index in [2.05, 4.69) is 20.2 Å². The fraction of sp³-hybridized carbons (Fsp3) is 0.526. The van der Waals surface area contributed by atoms with Gasteiger partial charge in [-0.05, 0) is 39.3 Å². The largest absolute Gasteiger partial charge is 0.460 e. The molecule has 0 aromatic carbocycles. The molecular weight excluding hydrogens is 493 g/mol. The van der Waals surface area contributed by atoms with Crippen LogP contribution in [-0.2, 0) is 16.1 Å². The number of ether oxygens (including phenoxy) is 1. The molecule has 2 aromatic heterocycles. The van der Waals surface area contributed by atoms with Crippen LogP contribution >= 0.6 is 35.6 Å². The summed E-state index contributed by atoms with van der Waals surface area (Å²) in [5.74, 6) is 0.494. The normalized spacial score (nSPS) is 17.5. The number of carbonyl (C=O) groups excluding carboxylic acids is 1. The van der Waals surface area contributed by atoms with Gasteiger partial charge in [0.2, 0.25) is 0 Å². The predicted molar refractivity (Wildman–Crippen MR) is 121 cm³/mol. The van der Waals surface area contributed by atoms with E-state index in [1.807, 2.05) is 49.7 Å². The molecule has 9 heteroatoms. The van der Waals surface area contributed by atoms with Crippen LogP contribution in [-0.4, -0.2) is 52.0 Å². The highest BCUT2D eigenvalue weighted by atomic mass is 127. The standard InChI is InChI=1S/C19H26ClN5O2.HI/c1-19(2,3)27-17(26)13-7-8-24(10-13)18(21-4)22-9-15-12-25-11-14(20)5-6-16(25)23-15;/h5-6,11-13H,7-10H2,1-4H3,(H,21,22);1H. The Morgan fingerprint density at radius 1 is 1.39 bits per heavy atom. The number of fused-ring (bicyclic) bond motifs is 1. The van der Waals surface area contributed by atoms with Gasteiger partial charge in [0, 0.05) is 32.5 Å². The third kappa shape index (κ3) is 5.73. The third-order valence-corrected chi connectivity index (χ3v) is 4.56. The van der Waals surface area contributed by atoms with Gasteiger partial charge in [-0.15, -0.1) is 24.0 Å². The lowest BCUT2D eigenvalue weighted by molar-refractivity contribution is -0.159. The van der Waals surface area contributed by atoms with Crippen LogP contribution in [0.4, 0.5) is 0 Å². The number of guanidine groups is 1. The van der Waals surface area contributed by atoms with Crippen LogP contribution in [0.15, 0.2) is 29.5 Å². The van der Waals surface area contributed by atoms with Crippen LogP contribution in [0.5, 0.6) is 0 Å².